The van der Waals surface area contributed by atoms with Gasteiger partial charge < -0.3 is 9.64 Å². The topological polar surface area (TPSA) is 66.0 Å². The third-order valence-corrected chi connectivity index (χ3v) is 7.96. The third-order valence-electron chi connectivity index (χ3n) is 6.03. The fourth-order valence-corrected chi connectivity index (χ4v) is 5.68. The van der Waals surface area contributed by atoms with E-state index in [9.17, 15) is 8.42 Å². The molecule has 1 aromatic heterocycles. The Morgan fingerprint density at radius 2 is 1.77 bits per heavy atom. The summed E-state index contributed by atoms with van der Waals surface area (Å²) in [5.74, 6) is 6.31. The van der Waals surface area contributed by atoms with Crippen molar-refractivity contribution in [1.82, 2.24) is 19.1 Å². The summed E-state index contributed by atoms with van der Waals surface area (Å²) in [5, 5.41) is 0.831. The number of hydrogen-bond donors (Lipinski definition) is 0. The van der Waals surface area contributed by atoms with Crippen molar-refractivity contribution < 1.29 is 13.2 Å². The van der Waals surface area contributed by atoms with E-state index in [1.54, 1.807) is 22.6 Å². The summed E-state index contributed by atoms with van der Waals surface area (Å²) in [7, 11) is -1.43. The lowest BCUT2D eigenvalue weighted by Gasteiger charge is -2.31. The second-order valence-corrected chi connectivity index (χ2v) is 10.1. The first kappa shape index (κ1) is 22.2. The summed E-state index contributed by atoms with van der Waals surface area (Å²) in [6.07, 6.45) is 3.04. The average Bonchev–Trinajstić information content (AvgIpc) is 2.80. The van der Waals surface area contributed by atoms with Crippen LogP contribution in [-0.2, 0) is 14.8 Å². The van der Waals surface area contributed by atoms with E-state index in [-0.39, 0.29) is 11.0 Å². The molecule has 4 rings (SSSR count). The largest absolute Gasteiger partial charge is 0.365 e. The van der Waals surface area contributed by atoms with Crippen molar-refractivity contribution in [2.45, 2.75) is 23.8 Å². The number of nitrogens with zero attached hydrogens (tertiary/aromatic N) is 4. The molecule has 0 aliphatic carbocycles. The zero-order chi connectivity index (χ0) is 21.7. The van der Waals surface area contributed by atoms with E-state index in [2.05, 4.69) is 33.7 Å². The molecule has 0 saturated carbocycles. The maximum atomic E-state index is 13.2. The van der Waals surface area contributed by atoms with Gasteiger partial charge in [-0.05, 0) is 32.0 Å². The van der Waals surface area contributed by atoms with E-state index < -0.39 is 10.0 Å². The molecule has 2 fully saturated rings. The van der Waals surface area contributed by atoms with Gasteiger partial charge in [0.1, 0.15) is 11.5 Å². The summed E-state index contributed by atoms with van der Waals surface area (Å²) in [4.78, 5) is 9.27. The summed E-state index contributed by atoms with van der Waals surface area (Å²) < 4.78 is 33.8. The Morgan fingerprint density at radius 1 is 1.03 bits per heavy atom. The molecule has 31 heavy (non-hydrogen) atoms. The molecular formula is C23H30N4O3S. The van der Waals surface area contributed by atoms with Crippen molar-refractivity contribution in [1.29, 1.82) is 0 Å². The van der Waals surface area contributed by atoms with Gasteiger partial charge in [-0.15, -0.1) is 0 Å². The number of likely N-dealkylation sites (N-methyl/N-ethyl adjacent to an activating group) is 1. The lowest BCUT2D eigenvalue weighted by Crippen LogP contribution is -2.44. The van der Waals surface area contributed by atoms with E-state index in [1.165, 1.54) is 0 Å². The van der Waals surface area contributed by atoms with Crippen LogP contribution in [-0.4, -0.2) is 93.1 Å². The Bertz CT molecular complexity index is 1040. The SMILES string of the molecule is CN1CCN(CC#CCOC2CCN(S(=O)(=O)c3cccc4cccnc34)CC2)CC1. The van der Waals surface area contributed by atoms with Crippen LogP contribution in [0.2, 0.25) is 0 Å². The molecule has 0 radical (unpaired) electrons. The molecule has 2 aliphatic heterocycles. The Hall–Kier alpha value is -2.02. The molecule has 0 N–H and O–H groups in total. The van der Waals surface area contributed by atoms with Crippen LogP contribution < -0.4 is 0 Å². The van der Waals surface area contributed by atoms with Crippen molar-refractivity contribution >= 4 is 20.9 Å². The van der Waals surface area contributed by atoms with Gasteiger partial charge in [0.25, 0.3) is 0 Å². The minimum atomic E-state index is -3.58. The molecular weight excluding hydrogens is 412 g/mol. The van der Waals surface area contributed by atoms with Crippen LogP contribution in [0.3, 0.4) is 0 Å². The van der Waals surface area contributed by atoms with Gasteiger partial charge in [-0.2, -0.15) is 4.31 Å². The Labute approximate surface area is 185 Å². The lowest BCUT2D eigenvalue weighted by molar-refractivity contribution is 0.0409. The minimum absolute atomic E-state index is 0.0510. The van der Waals surface area contributed by atoms with Crippen molar-refractivity contribution in [3.05, 3.63) is 36.5 Å². The van der Waals surface area contributed by atoms with Gasteiger partial charge in [-0.1, -0.05) is 30.0 Å². The van der Waals surface area contributed by atoms with Gasteiger partial charge in [0, 0.05) is 50.9 Å². The number of piperazine rings is 1. The number of pyridine rings is 1. The molecule has 0 amide bonds. The van der Waals surface area contributed by atoms with Gasteiger partial charge in [-0.3, -0.25) is 9.88 Å². The summed E-state index contributed by atoms with van der Waals surface area (Å²) in [6.45, 7) is 6.39. The summed E-state index contributed by atoms with van der Waals surface area (Å²) in [6, 6.07) is 8.99. The van der Waals surface area contributed by atoms with E-state index in [0.717, 1.165) is 38.1 Å². The fourth-order valence-electron chi connectivity index (χ4n) is 4.05. The first-order valence-electron chi connectivity index (χ1n) is 10.9. The maximum Gasteiger partial charge on any atom is 0.245 e. The first-order chi connectivity index (χ1) is 15.0. The van der Waals surface area contributed by atoms with E-state index in [1.807, 2.05) is 18.2 Å². The van der Waals surface area contributed by atoms with Crippen LogP contribution in [0.1, 0.15) is 12.8 Å². The molecule has 166 valence electrons. The van der Waals surface area contributed by atoms with Crippen LogP contribution in [0.15, 0.2) is 41.4 Å². The van der Waals surface area contributed by atoms with Crippen molar-refractivity contribution in [2.24, 2.45) is 0 Å². The molecule has 2 aromatic rings. The van der Waals surface area contributed by atoms with Crippen LogP contribution in [0.4, 0.5) is 0 Å². The molecule has 2 aliphatic rings. The van der Waals surface area contributed by atoms with Crippen molar-refractivity contribution in [3.8, 4) is 11.8 Å². The molecule has 0 spiro atoms. The van der Waals surface area contributed by atoms with E-state index in [0.29, 0.717) is 38.1 Å². The summed E-state index contributed by atoms with van der Waals surface area (Å²) in [5.41, 5.74) is 0.527. The Morgan fingerprint density at radius 3 is 2.55 bits per heavy atom. The van der Waals surface area contributed by atoms with Crippen LogP contribution in [0.5, 0.6) is 0 Å². The zero-order valence-electron chi connectivity index (χ0n) is 18.0. The molecule has 3 heterocycles. The fraction of sp³-hybridized carbons (Fsp3) is 0.522. The van der Waals surface area contributed by atoms with Gasteiger partial charge in [0.15, 0.2) is 0 Å². The van der Waals surface area contributed by atoms with Gasteiger partial charge in [0.2, 0.25) is 10.0 Å². The number of piperidine rings is 1. The number of fused-ring (bicyclic) bond motifs is 1. The normalized spacial score (nSPS) is 19.9. The molecule has 0 bridgehead atoms. The van der Waals surface area contributed by atoms with Crippen LogP contribution >= 0.6 is 0 Å². The van der Waals surface area contributed by atoms with Crippen LogP contribution in [0, 0.1) is 11.8 Å². The lowest BCUT2D eigenvalue weighted by atomic mass is 10.1. The van der Waals surface area contributed by atoms with E-state index in [4.69, 9.17) is 4.74 Å². The number of sulfonamides is 1. The molecule has 0 atom stereocenters. The molecule has 0 unspecified atom stereocenters. The number of para-hydroxylation sites is 1. The number of ether oxygens (including phenoxy) is 1. The Balaban J connectivity index is 1.26. The predicted molar refractivity (Wildman–Crippen MR) is 121 cm³/mol. The van der Waals surface area contributed by atoms with Crippen molar-refractivity contribution in [2.75, 3.05) is 59.5 Å². The molecule has 1 aromatic carbocycles. The molecule has 2 saturated heterocycles. The first-order valence-corrected chi connectivity index (χ1v) is 12.3. The van der Waals surface area contributed by atoms with Crippen LogP contribution in [0.25, 0.3) is 10.9 Å². The monoisotopic (exact) mass is 442 g/mol. The average molecular weight is 443 g/mol. The minimum Gasteiger partial charge on any atom is -0.365 e. The third kappa shape index (κ3) is 5.43. The van der Waals surface area contributed by atoms with Crippen molar-refractivity contribution in [3.63, 3.8) is 0 Å². The van der Waals surface area contributed by atoms with Gasteiger partial charge in [0.05, 0.1) is 18.2 Å². The van der Waals surface area contributed by atoms with E-state index >= 15 is 0 Å². The second-order valence-electron chi connectivity index (χ2n) is 8.18. The quantitative estimate of drug-likeness (QED) is 0.656. The summed E-state index contributed by atoms with van der Waals surface area (Å²) >= 11 is 0. The Kier molecular flexibility index (Phi) is 7.20. The second kappa shape index (κ2) is 10.1. The smallest absolute Gasteiger partial charge is 0.245 e. The standard InChI is InChI=1S/C23H30N4O3S/c1-25-15-17-26(18-16-25)12-2-3-19-30-21-9-13-27(14-10-21)31(28,29)22-8-4-6-20-7-5-11-24-23(20)22/h4-8,11,21H,9-10,12-19H2,1H3. The molecule has 7 nitrogen and oxygen atoms in total. The van der Waals surface area contributed by atoms with Gasteiger partial charge in [-0.25, -0.2) is 8.42 Å². The zero-order valence-corrected chi connectivity index (χ0v) is 18.9. The number of aromatic nitrogens is 1. The highest BCUT2D eigenvalue weighted by Crippen LogP contribution is 2.26. The highest BCUT2D eigenvalue weighted by Gasteiger charge is 2.31. The predicted octanol–water partition coefficient (Wildman–Crippen LogP) is 1.66. The highest BCUT2D eigenvalue weighted by molar-refractivity contribution is 7.89. The number of benzene rings is 1. The number of hydrogen-bond acceptors (Lipinski definition) is 6. The number of rotatable bonds is 5. The maximum absolute atomic E-state index is 13.2. The van der Waals surface area contributed by atoms with Gasteiger partial charge >= 0.3 is 0 Å². The highest BCUT2D eigenvalue weighted by atomic mass is 32.2. The molecule has 8 heteroatoms.